The third kappa shape index (κ3) is 1.99. The van der Waals surface area contributed by atoms with E-state index < -0.39 is 0 Å². The minimum Gasteiger partial charge on any atom is -0.499 e. The molecule has 0 radical (unpaired) electrons. The van der Waals surface area contributed by atoms with Gasteiger partial charge < -0.3 is 10.1 Å². The molecule has 0 bridgehead atoms. The van der Waals surface area contributed by atoms with Crippen molar-refractivity contribution >= 4 is 0 Å². The maximum atomic E-state index is 5.40. The fourth-order valence-electron chi connectivity index (χ4n) is 2.12. The smallest absolute Gasteiger partial charge is 0.113 e. The Morgan fingerprint density at radius 1 is 1.43 bits per heavy atom. The average Bonchev–Trinajstić information content (AvgIpc) is 2.30. The first-order valence-electron chi connectivity index (χ1n) is 5.27. The largest absolute Gasteiger partial charge is 0.499 e. The fourth-order valence-corrected chi connectivity index (χ4v) is 2.12. The second-order valence-electron chi connectivity index (χ2n) is 3.74. The lowest BCUT2D eigenvalue weighted by Gasteiger charge is -2.35. The lowest BCUT2D eigenvalue weighted by atomic mass is 10.0. The van der Waals surface area contributed by atoms with Crippen LogP contribution in [0.1, 0.15) is 6.42 Å². The molecule has 2 aliphatic rings. The van der Waals surface area contributed by atoms with Crippen molar-refractivity contribution in [3.8, 4) is 0 Å². The molecular formula is C11H18N2O. The van der Waals surface area contributed by atoms with Gasteiger partial charge in [-0.25, -0.2) is 0 Å². The van der Waals surface area contributed by atoms with Gasteiger partial charge in [-0.3, -0.25) is 4.90 Å². The van der Waals surface area contributed by atoms with Crippen LogP contribution >= 0.6 is 0 Å². The highest BCUT2D eigenvalue weighted by molar-refractivity contribution is 5.19. The molecule has 0 aromatic carbocycles. The van der Waals surface area contributed by atoms with Gasteiger partial charge in [0.05, 0.1) is 13.2 Å². The van der Waals surface area contributed by atoms with Crippen molar-refractivity contribution in [3.63, 3.8) is 0 Å². The van der Waals surface area contributed by atoms with Crippen LogP contribution < -0.4 is 5.32 Å². The van der Waals surface area contributed by atoms with Gasteiger partial charge in [0.25, 0.3) is 0 Å². The minimum atomic E-state index is 0.465. The molecule has 1 heterocycles. The Kier molecular flexibility index (Phi) is 3.22. The van der Waals surface area contributed by atoms with Crippen LogP contribution in [0.15, 0.2) is 24.0 Å². The summed E-state index contributed by atoms with van der Waals surface area (Å²) in [5, 5.41) is 3.37. The number of hydrogen-bond donors (Lipinski definition) is 1. The summed E-state index contributed by atoms with van der Waals surface area (Å²) >= 11 is 0. The quantitative estimate of drug-likeness (QED) is 0.702. The normalized spacial score (nSPS) is 28.6. The van der Waals surface area contributed by atoms with Crippen molar-refractivity contribution in [2.24, 2.45) is 0 Å². The van der Waals surface area contributed by atoms with Gasteiger partial charge in [0.1, 0.15) is 5.76 Å². The van der Waals surface area contributed by atoms with Crippen LogP contribution in [-0.4, -0.2) is 44.2 Å². The van der Waals surface area contributed by atoms with E-state index in [0.717, 1.165) is 38.4 Å². The summed E-state index contributed by atoms with van der Waals surface area (Å²) in [4.78, 5) is 2.50. The number of nitrogens with one attached hydrogen (secondary N) is 1. The molecule has 78 valence electrons. The van der Waals surface area contributed by atoms with Gasteiger partial charge in [-0.2, -0.15) is 0 Å². The molecule has 1 fully saturated rings. The molecule has 1 aliphatic heterocycles. The summed E-state index contributed by atoms with van der Waals surface area (Å²) in [6.45, 7) is 4.44. The molecule has 0 spiro atoms. The van der Waals surface area contributed by atoms with E-state index in [0.29, 0.717) is 6.04 Å². The van der Waals surface area contributed by atoms with E-state index in [1.807, 2.05) is 0 Å². The van der Waals surface area contributed by atoms with E-state index in [4.69, 9.17) is 4.74 Å². The minimum absolute atomic E-state index is 0.465. The first kappa shape index (κ1) is 9.74. The summed E-state index contributed by atoms with van der Waals surface area (Å²) in [5.41, 5.74) is 0. The van der Waals surface area contributed by atoms with Gasteiger partial charge in [-0.05, 0) is 12.5 Å². The van der Waals surface area contributed by atoms with Gasteiger partial charge in [-0.1, -0.05) is 12.2 Å². The molecule has 1 saturated heterocycles. The van der Waals surface area contributed by atoms with Crippen molar-refractivity contribution in [2.45, 2.75) is 12.5 Å². The zero-order chi connectivity index (χ0) is 9.80. The lowest BCUT2D eigenvalue weighted by Crippen LogP contribution is -2.49. The Labute approximate surface area is 85.4 Å². The SMILES string of the molecule is COC1=CC=CCC1N1CCNCC1. The Hall–Kier alpha value is -0.800. The van der Waals surface area contributed by atoms with E-state index in [1.165, 1.54) is 0 Å². The van der Waals surface area contributed by atoms with Crippen LogP contribution in [0.5, 0.6) is 0 Å². The fraction of sp³-hybridized carbons (Fsp3) is 0.636. The highest BCUT2D eigenvalue weighted by Gasteiger charge is 2.24. The van der Waals surface area contributed by atoms with Gasteiger partial charge in [-0.15, -0.1) is 0 Å². The van der Waals surface area contributed by atoms with Crippen molar-refractivity contribution < 1.29 is 4.74 Å². The third-order valence-electron chi connectivity index (χ3n) is 2.91. The van der Waals surface area contributed by atoms with Crippen LogP contribution in [0.4, 0.5) is 0 Å². The van der Waals surface area contributed by atoms with Gasteiger partial charge >= 0.3 is 0 Å². The van der Waals surface area contributed by atoms with Crippen LogP contribution in [0.3, 0.4) is 0 Å². The number of ether oxygens (including phenoxy) is 1. The Bertz CT molecular complexity index is 242. The van der Waals surface area contributed by atoms with Crippen LogP contribution in [0, 0.1) is 0 Å². The Morgan fingerprint density at radius 2 is 2.21 bits per heavy atom. The van der Waals surface area contributed by atoms with E-state index in [9.17, 15) is 0 Å². The molecule has 0 amide bonds. The summed E-state index contributed by atoms with van der Waals surface area (Å²) in [6.07, 6.45) is 7.46. The van der Waals surface area contributed by atoms with Crippen LogP contribution in [0.25, 0.3) is 0 Å². The van der Waals surface area contributed by atoms with Gasteiger partial charge in [0, 0.05) is 26.2 Å². The Balaban J connectivity index is 2.01. The second kappa shape index (κ2) is 4.62. The predicted octanol–water partition coefficient (Wildman–Crippen LogP) is 0.750. The van der Waals surface area contributed by atoms with Gasteiger partial charge in [0.2, 0.25) is 0 Å². The molecule has 1 aliphatic carbocycles. The maximum Gasteiger partial charge on any atom is 0.113 e. The number of methoxy groups -OCH3 is 1. The third-order valence-corrected chi connectivity index (χ3v) is 2.91. The highest BCUT2D eigenvalue weighted by Crippen LogP contribution is 2.20. The zero-order valence-corrected chi connectivity index (χ0v) is 8.70. The van der Waals surface area contributed by atoms with E-state index in [2.05, 4.69) is 28.4 Å². The van der Waals surface area contributed by atoms with Crippen LogP contribution in [0.2, 0.25) is 0 Å². The topological polar surface area (TPSA) is 24.5 Å². The number of piperazine rings is 1. The van der Waals surface area contributed by atoms with E-state index in [1.54, 1.807) is 7.11 Å². The molecule has 3 nitrogen and oxygen atoms in total. The standard InChI is InChI=1S/C11H18N2O/c1-14-11-5-3-2-4-10(11)13-8-6-12-7-9-13/h2-3,5,10,12H,4,6-9H2,1H3. The first-order chi connectivity index (χ1) is 6.92. The van der Waals surface area contributed by atoms with Crippen molar-refractivity contribution in [3.05, 3.63) is 24.0 Å². The summed E-state index contributed by atoms with van der Waals surface area (Å²) in [6, 6.07) is 0.465. The molecular weight excluding hydrogens is 176 g/mol. The van der Waals surface area contributed by atoms with Crippen molar-refractivity contribution in [1.82, 2.24) is 10.2 Å². The van der Waals surface area contributed by atoms with E-state index in [-0.39, 0.29) is 0 Å². The summed E-state index contributed by atoms with van der Waals surface area (Å²) in [5.74, 6) is 1.11. The maximum absolute atomic E-state index is 5.40. The van der Waals surface area contributed by atoms with Crippen molar-refractivity contribution in [1.29, 1.82) is 0 Å². The molecule has 0 aromatic heterocycles. The molecule has 1 atom stereocenters. The summed E-state index contributed by atoms with van der Waals surface area (Å²) in [7, 11) is 1.76. The molecule has 0 aromatic rings. The first-order valence-corrected chi connectivity index (χ1v) is 5.27. The summed E-state index contributed by atoms with van der Waals surface area (Å²) < 4.78 is 5.40. The lowest BCUT2D eigenvalue weighted by molar-refractivity contribution is 0.136. The molecule has 1 unspecified atom stereocenters. The molecule has 14 heavy (non-hydrogen) atoms. The average molecular weight is 194 g/mol. The number of rotatable bonds is 2. The monoisotopic (exact) mass is 194 g/mol. The van der Waals surface area contributed by atoms with Crippen molar-refractivity contribution in [2.75, 3.05) is 33.3 Å². The Morgan fingerprint density at radius 3 is 2.93 bits per heavy atom. The number of nitrogens with zero attached hydrogens (tertiary/aromatic N) is 1. The molecule has 1 N–H and O–H groups in total. The predicted molar refractivity (Wildman–Crippen MR) is 57.1 cm³/mol. The molecule has 0 saturated carbocycles. The van der Waals surface area contributed by atoms with Crippen LogP contribution in [-0.2, 0) is 4.74 Å². The zero-order valence-electron chi connectivity index (χ0n) is 8.70. The van der Waals surface area contributed by atoms with Gasteiger partial charge in [0.15, 0.2) is 0 Å². The molecule has 3 heteroatoms. The highest BCUT2D eigenvalue weighted by atomic mass is 16.5. The molecule has 2 rings (SSSR count). The second-order valence-corrected chi connectivity index (χ2v) is 3.74. The van der Waals surface area contributed by atoms with E-state index >= 15 is 0 Å². The number of hydrogen-bond acceptors (Lipinski definition) is 3. The number of allylic oxidation sites excluding steroid dienone is 2.